The number of rotatable bonds is 7. The van der Waals surface area contributed by atoms with Crippen LogP contribution in [-0.4, -0.2) is 11.1 Å². The van der Waals surface area contributed by atoms with Crippen LogP contribution in [0.15, 0.2) is 36.4 Å². The lowest BCUT2D eigenvalue weighted by atomic mass is 9.99. The molecular weight excluding hydrogens is 284 g/mol. The molecule has 1 aliphatic carbocycles. The molecule has 0 radical (unpaired) electrons. The molecule has 2 heteroatoms. The zero-order chi connectivity index (χ0) is 16.2. The molecule has 0 spiro atoms. The van der Waals surface area contributed by atoms with Gasteiger partial charge in [0.05, 0.1) is 0 Å². The average Bonchev–Trinajstić information content (AvgIpc) is 2.89. The topological polar surface area (TPSA) is 37.3 Å². The van der Waals surface area contributed by atoms with Crippen molar-refractivity contribution in [3.8, 4) is 11.1 Å². The van der Waals surface area contributed by atoms with Gasteiger partial charge < -0.3 is 5.11 Å². The smallest absolute Gasteiger partial charge is 0.303 e. The molecule has 0 unspecified atom stereocenters. The van der Waals surface area contributed by atoms with Crippen molar-refractivity contribution < 1.29 is 9.90 Å². The van der Waals surface area contributed by atoms with E-state index >= 15 is 0 Å². The third kappa shape index (κ3) is 3.64. The maximum Gasteiger partial charge on any atom is 0.303 e. The van der Waals surface area contributed by atoms with Crippen LogP contribution in [0.2, 0.25) is 0 Å². The van der Waals surface area contributed by atoms with Gasteiger partial charge in [-0.3, -0.25) is 4.79 Å². The third-order valence-corrected chi connectivity index (χ3v) is 4.69. The lowest BCUT2D eigenvalue weighted by Crippen LogP contribution is -1.96. The highest BCUT2D eigenvalue weighted by atomic mass is 16.4. The number of fused-ring (bicyclic) bond motifs is 3. The predicted octanol–water partition coefficient (Wildman–Crippen LogP) is 5.01. The molecule has 0 heterocycles. The Hall–Kier alpha value is -2.09. The van der Waals surface area contributed by atoms with Gasteiger partial charge in [-0.05, 0) is 65.5 Å². The van der Waals surface area contributed by atoms with Crippen molar-refractivity contribution in [2.45, 2.75) is 51.9 Å². The second kappa shape index (κ2) is 6.99. The Morgan fingerprint density at radius 2 is 1.52 bits per heavy atom. The Morgan fingerprint density at radius 3 is 2.04 bits per heavy atom. The van der Waals surface area contributed by atoms with Crippen LogP contribution in [-0.2, 0) is 24.1 Å². The van der Waals surface area contributed by atoms with Gasteiger partial charge in [-0.25, -0.2) is 0 Å². The van der Waals surface area contributed by atoms with Gasteiger partial charge in [0.25, 0.3) is 0 Å². The first-order chi connectivity index (χ1) is 11.2. The highest BCUT2D eigenvalue weighted by Crippen LogP contribution is 2.37. The van der Waals surface area contributed by atoms with Gasteiger partial charge in [-0.1, -0.05) is 49.7 Å². The molecule has 1 aliphatic rings. The molecule has 0 aliphatic heterocycles. The van der Waals surface area contributed by atoms with E-state index in [1.807, 2.05) is 0 Å². The van der Waals surface area contributed by atoms with Crippen LogP contribution >= 0.6 is 0 Å². The van der Waals surface area contributed by atoms with E-state index < -0.39 is 5.97 Å². The van der Waals surface area contributed by atoms with E-state index in [-0.39, 0.29) is 6.42 Å². The minimum atomic E-state index is -0.710. The van der Waals surface area contributed by atoms with Gasteiger partial charge in [-0.2, -0.15) is 0 Å². The molecule has 0 atom stereocenters. The normalized spacial score (nSPS) is 12.0. The van der Waals surface area contributed by atoms with E-state index in [0.29, 0.717) is 6.42 Å². The Labute approximate surface area is 138 Å². The number of unbranched alkanes of at least 4 members (excludes halogenated alkanes) is 1. The summed E-state index contributed by atoms with van der Waals surface area (Å²) < 4.78 is 0. The monoisotopic (exact) mass is 308 g/mol. The lowest BCUT2D eigenvalue weighted by molar-refractivity contribution is -0.137. The van der Waals surface area contributed by atoms with Crippen molar-refractivity contribution in [3.05, 3.63) is 58.7 Å². The van der Waals surface area contributed by atoms with Crippen LogP contribution in [0.25, 0.3) is 11.1 Å². The molecule has 0 saturated heterocycles. The molecule has 23 heavy (non-hydrogen) atoms. The molecular formula is C21H24O2. The molecule has 0 saturated carbocycles. The zero-order valence-corrected chi connectivity index (χ0v) is 13.8. The van der Waals surface area contributed by atoms with E-state index in [0.717, 1.165) is 12.8 Å². The second-order valence-electron chi connectivity index (χ2n) is 6.51. The Morgan fingerprint density at radius 1 is 0.957 bits per heavy atom. The minimum Gasteiger partial charge on any atom is -0.481 e. The summed E-state index contributed by atoms with van der Waals surface area (Å²) in [6.07, 6.45) is 6.46. The van der Waals surface area contributed by atoms with Crippen molar-refractivity contribution >= 4 is 5.97 Å². The first-order valence-electron chi connectivity index (χ1n) is 8.63. The summed E-state index contributed by atoms with van der Waals surface area (Å²) in [6, 6.07) is 13.5. The number of benzene rings is 2. The molecule has 120 valence electrons. The van der Waals surface area contributed by atoms with Gasteiger partial charge >= 0.3 is 5.97 Å². The van der Waals surface area contributed by atoms with Crippen LogP contribution in [0.5, 0.6) is 0 Å². The fraction of sp³-hybridized carbons (Fsp3) is 0.381. The number of hydrogen-bond donors (Lipinski definition) is 1. The van der Waals surface area contributed by atoms with Crippen LogP contribution in [0.4, 0.5) is 0 Å². The number of hydrogen-bond acceptors (Lipinski definition) is 1. The highest BCUT2D eigenvalue weighted by Gasteiger charge is 2.18. The van der Waals surface area contributed by atoms with E-state index in [4.69, 9.17) is 5.11 Å². The molecule has 1 N–H and O–H groups in total. The van der Waals surface area contributed by atoms with Crippen LogP contribution in [0, 0.1) is 0 Å². The molecule has 0 bridgehead atoms. The maximum atomic E-state index is 10.6. The Bertz CT molecular complexity index is 716. The first-order valence-corrected chi connectivity index (χ1v) is 8.63. The number of aliphatic carboxylic acids is 1. The van der Waals surface area contributed by atoms with Crippen LogP contribution in [0.3, 0.4) is 0 Å². The summed E-state index contributed by atoms with van der Waals surface area (Å²) in [5.74, 6) is -0.710. The summed E-state index contributed by atoms with van der Waals surface area (Å²) in [6.45, 7) is 2.23. The van der Waals surface area contributed by atoms with Gasteiger partial charge in [0.15, 0.2) is 0 Å². The summed E-state index contributed by atoms with van der Waals surface area (Å²) in [5.41, 5.74) is 8.25. The first kappa shape index (κ1) is 15.8. The highest BCUT2D eigenvalue weighted by molar-refractivity contribution is 5.77. The Balaban J connectivity index is 1.74. The summed E-state index contributed by atoms with van der Waals surface area (Å²) in [4.78, 5) is 10.6. The van der Waals surface area contributed by atoms with E-state index in [1.165, 1.54) is 52.6 Å². The average molecular weight is 308 g/mol. The van der Waals surface area contributed by atoms with Crippen LogP contribution in [0.1, 0.15) is 54.9 Å². The second-order valence-corrected chi connectivity index (χ2v) is 6.51. The number of aryl methyl sites for hydroxylation is 2. The fourth-order valence-corrected chi connectivity index (χ4v) is 3.45. The molecule has 0 fully saturated rings. The standard InChI is InChI=1S/C21H24O2/c1-2-3-5-15-8-10-19-17(12-15)14-18-13-16(9-11-20(18)19)6-4-7-21(22)23/h8-13H,2-7,14H2,1H3,(H,22,23). The maximum absolute atomic E-state index is 10.6. The minimum absolute atomic E-state index is 0.248. The molecule has 0 aromatic heterocycles. The van der Waals surface area contributed by atoms with E-state index in [2.05, 4.69) is 43.3 Å². The molecule has 0 amide bonds. The van der Waals surface area contributed by atoms with Gasteiger partial charge in [0, 0.05) is 6.42 Å². The zero-order valence-electron chi connectivity index (χ0n) is 13.8. The Kier molecular flexibility index (Phi) is 4.80. The number of carboxylic acid groups (broad SMARTS) is 1. The quantitative estimate of drug-likeness (QED) is 0.666. The summed E-state index contributed by atoms with van der Waals surface area (Å²) in [7, 11) is 0. The van der Waals surface area contributed by atoms with Gasteiger partial charge in [0.2, 0.25) is 0 Å². The predicted molar refractivity (Wildman–Crippen MR) is 93.9 cm³/mol. The molecule has 3 rings (SSSR count). The van der Waals surface area contributed by atoms with Crippen molar-refractivity contribution in [3.63, 3.8) is 0 Å². The largest absolute Gasteiger partial charge is 0.481 e. The summed E-state index contributed by atoms with van der Waals surface area (Å²) in [5, 5.41) is 8.75. The van der Waals surface area contributed by atoms with E-state index in [9.17, 15) is 4.79 Å². The number of carboxylic acids is 1. The fourth-order valence-electron chi connectivity index (χ4n) is 3.45. The van der Waals surface area contributed by atoms with Crippen molar-refractivity contribution in [1.29, 1.82) is 0 Å². The number of carbonyl (C=O) groups is 1. The van der Waals surface area contributed by atoms with Crippen molar-refractivity contribution in [2.75, 3.05) is 0 Å². The van der Waals surface area contributed by atoms with Crippen LogP contribution < -0.4 is 0 Å². The lowest BCUT2D eigenvalue weighted by Gasteiger charge is -2.06. The molecule has 2 aromatic rings. The van der Waals surface area contributed by atoms with Gasteiger partial charge in [-0.15, -0.1) is 0 Å². The molecule has 2 nitrogen and oxygen atoms in total. The van der Waals surface area contributed by atoms with E-state index in [1.54, 1.807) is 0 Å². The van der Waals surface area contributed by atoms with Crippen molar-refractivity contribution in [2.24, 2.45) is 0 Å². The SMILES string of the molecule is CCCCc1ccc2c(c1)Cc1cc(CCCC(=O)O)ccc1-2. The third-order valence-electron chi connectivity index (χ3n) is 4.69. The van der Waals surface area contributed by atoms with Crippen molar-refractivity contribution in [1.82, 2.24) is 0 Å². The molecule has 2 aromatic carbocycles. The summed E-state index contributed by atoms with van der Waals surface area (Å²) >= 11 is 0. The van der Waals surface area contributed by atoms with Gasteiger partial charge in [0.1, 0.15) is 0 Å².